The molecule has 0 saturated carbocycles. The zero-order valence-corrected chi connectivity index (χ0v) is 17.2. The number of hydrogen-bond acceptors (Lipinski definition) is 7. The maximum absolute atomic E-state index is 13.0. The summed E-state index contributed by atoms with van der Waals surface area (Å²) in [5.41, 5.74) is 2.86. The molecule has 9 heteroatoms. The normalized spacial score (nSPS) is 15.3. The Labute approximate surface area is 172 Å². The third kappa shape index (κ3) is 3.65. The zero-order valence-electron chi connectivity index (χ0n) is 16.4. The van der Waals surface area contributed by atoms with Gasteiger partial charge in [-0.05, 0) is 47.5 Å². The summed E-state index contributed by atoms with van der Waals surface area (Å²) in [6, 6.07) is 13.6. The number of rotatable bonds is 6. The van der Waals surface area contributed by atoms with Crippen molar-refractivity contribution in [2.45, 2.75) is 24.5 Å². The Hall–Kier alpha value is -3.07. The van der Waals surface area contributed by atoms with Crippen LogP contribution in [0.4, 0.5) is 5.69 Å². The molecule has 2 heterocycles. The molecule has 29 heavy (non-hydrogen) atoms. The Kier molecular flexibility index (Phi) is 5.39. The second-order valence-corrected chi connectivity index (χ2v) is 7.59. The van der Waals surface area contributed by atoms with Crippen molar-refractivity contribution >= 4 is 23.4 Å². The molecule has 1 atom stereocenters. The number of anilines is 1. The molecule has 0 aliphatic carbocycles. The predicted octanol–water partition coefficient (Wildman–Crippen LogP) is 2.75. The quantitative estimate of drug-likeness (QED) is 0.577. The molecule has 4 rings (SSSR count). The van der Waals surface area contributed by atoms with Crippen LogP contribution in [0.25, 0.3) is 5.69 Å². The lowest BCUT2D eigenvalue weighted by Crippen LogP contribution is -2.37. The summed E-state index contributed by atoms with van der Waals surface area (Å²) in [6.07, 6.45) is 0.868. The first-order valence-electron chi connectivity index (χ1n) is 9.16. The predicted molar refractivity (Wildman–Crippen MR) is 110 cm³/mol. The molecule has 3 aromatic rings. The van der Waals surface area contributed by atoms with E-state index in [0.717, 1.165) is 12.1 Å². The number of tetrazole rings is 1. The second kappa shape index (κ2) is 8.12. The van der Waals surface area contributed by atoms with Crippen molar-refractivity contribution in [2.24, 2.45) is 0 Å². The molecule has 1 aliphatic rings. The fraction of sp³-hybridized carbons (Fsp3) is 0.300. The van der Waals surface area contributed by atoms with Crippen LogP contribution in [0, 0.1) is 0 Å². The molecule has 0 spiro atoms. The van der Waals surface area contributed by atoms with Gasteiger partial charge in [0.2, 0.25) is 11.1 Å². The number of fused-ring (bicyclic) bond motifs is 1. The minimum atomic E-state index is 0.0312. The van der Waals surface area contributed by atoms with Gasteiger partial charge in [-0.2, -0.15) is 4.68 Å². The summed E-state index contributed by atoms with van der Waals surface area (Å²) in [5, 5.41) is 12.4. The van der Waals surface area contributed by atoms with Gasteiger partial charge < -0.3 is 14.4 Å². The van der Waals surface area contributed by atoms with Crippen molar-refractivity contribution in [3.05, 3.63) is 48.0 Å². The van der Waals surface area contributed by atoms with Crippen molar-refractivity contribution < 1.29 is 14.3 Å². The molecule has 0 N–H and O–H groups in total. The van der Waals surface area contributed by atoms with Gasteiger partial charge in [0.15, 0.2) is 0 Å². The molecule has 0 radical (unpaired) electrons. The summed E-state index contributed by atoms with van der Waals surface area (Å²) in [7, 11) is 3.17. The molecule has 0 saturated heterocycles. The number of amides is 1. The second-order valence-electron chi connectivity index (χ2n) is 6.65. The molecule has 0 fully saturated rings. The van der Waals surface area contributed by atoms with Crippen LogP contribution in [0.5, 0.6) is 11.5 Å². The van der Waals surface area contributed by atoms with Gasteiger partial charge in [0.1, 0.15) is 17.2 Å². The van der Waals surface area contributed by atoms with E-state index in [2.05, 4.69) is 28.5 Å². The van der Waals surface area contributed by atoms with Crippen molar-refractivity contribution in [1.82, 2.24) is 20.2 Å². The highest BCUT2D eigenvalue weighted by molar-refractivity contribution is 7.99. The molecule has 1 amide bonds. The van der Waals surface area contributed by atoms with E-state index in [1.807, 2.05) is 35.2 Å². The van der Waals surface area contributed by atoms with E-state index in [-0.39, 0.29) is 17.7 Å². The van der Waals surface area contributed by atoms with E-state index < -0.39 is 0 Å². The van der Waals surface area contributed by atoms with Crippen LogP contribution in [-0.2, 0) is 11.2 Å². The van der Waals surface area contributed by atoms with E-state index in [4.69, 9.17) is 9.47 Å². The number of methoxy groups -OCH3 is 2. The van der Waals surface area contributed by atoms with E-state index >= 15 is 0 Å². The van der Waals surface area contributed by atoms with Crippen LogP contribution < -0.4 is 14.4 Å². The first-order chi connectivity index (χ1) is 14.1. The molecule has 2 aromatic carbocycles. The third-order valence-electron chi connectivity index (χ3n) is 4.86. The van der Waals surface area contributed by atoms with E-state index in [0.29, 0.717) is 22.3 Å². The number of carbonyl (C=O) groups is 1. The molecule has 150 valence electrons. The average molecular weight is 411 g/mol. The SMILES string of the molecule is COc1ccc(-n2nnnc2SCC(=O)N2c3ccccc3CC2C)c(OC)c1. The van der Waals surface area contributed by atoms with Gasteiger partial charge in [-0.3, -0.25) is 4.79 Å². The Bertz CT molecular complexity index is 1040. The van der Waals surface area contributed by atoms with Crippen LogP contribution in [0.15, 0.2) is 47.6 Å². The van der Waals surface area contributed by atoms with Crippen molar-refractivity contribution in [3.63, 3.8) is 0 Å². The third-order valence-corrected chi connectivity index (χ3v) is 5.76. The number of thioether (sulfide) groups is 1. The number of para-hydroxylation sites is 1. The van der Waals surface area contributed by atoms with Gasteiger partial charge >= 0.3 is 0 Å². The number of ether oxygens (including phenoxy) is 2. The van der Waals surface area contributed by atoms with E-state index in [1.165, 1.54) is 17.3 Å². The summed E-state index contributed by atoms with van der Waals surface area (Å²) in [4.78, 5) is 14.8. The standard InChI is InChI=1S/C20H21N5O3S/c1-13-10-14-6-4-5-7-16(14)24(13)19(26)12-29-20-21-22-23-25(20)17-9-8-15(27-2)11-18(17)28-3/h4-9,11,13H,10,12H2,1-3H3. The molecule has 0 bridgehead atoms. The highest BCUT2D eigenvalue weighted by Crippen LogP contribution is 2.33. The monoisotopic (exact) mass is 411 g/mol. The van der Waals surface area contributed by atoms with Crippen LogP contribution in [0.1, 0.15) is 12.5 Å². The summed E-state index contributed by atoms with van der Waals surface area (Å²) in [6.45, 7) is 2.06. The van der Waals surface area contributed by atoms with Crippen molar-refractivity contribution in [2.75, 3.05) is 24.9 Å². The molecule has 1 aliphatic heterocycles. The summed E-state index contributed by atoms with van der Waals surface area (Å²) < 4.78 is 12.3. The minimum Gasteiger partial charge on any atom is -0.497 e. The smallest absolute Gasteiger partial charge is 0.237 e. The molecule has 1 unspecified atom stereocenters. The first kappa shape index (κ1) is 19.3. The number of aromatic nitrogens is 4. The topological polar surface area (TPSA) is 82.4 Å². The lowest BCUT2D eigenvalue weighted by molar-refractivity contribution is -0.116. The summed E-state index contributed by atoms with van der Waals surface area (Å²) in [5.74, 6) is 1.51. The molecule has 8 nitrogen and oxygen atoms in total. The molecule has 1 aromatic heterocycles. The Morgan fingerprint density at radius 1 is 1.17 bits per heavy atom. The fourth-order valence-corrected chi connectivity index (χ4v) is 4.26. The zero-order chi connectivity index (χ0) is 20.4. The molecular weight excluding hydrogens is 390 g/mol. The number of nitrogens with zero attached hydrogens (tertiary/aromatic N) is 5. The van der Waals surface area contributed by atoms with Crippen LogP contribution in [-0.4, -0.2) is 52.1 Å². The van der Waals surface area contributed by atoms with Gasteiger partial charge in [-0.25, -0.2) is 0 Å². The Balaban J connectivity index is 1.53. The van der Waals surface area contributed by atoms with Gasteiger partial charge in [-0.1, -0.05) is 30.0 Å². The lowest BCUT2D eigenvalue weighted by atomic mass is 10.1. The highest BCUT2D eigenvalue weighted by Gasteiger charge is 2.30. The van der Waals surface area contributed by atoms with Crippen LogP contribution in [0.3, 0.4) is 0 Å². The first-order valence-corrected chi connectivity index (χ1v) is 10.1. The van der Waals surface area contributed by atoms with Crippen molar-refractivity contribution in [1.29, 1.82) is 0 Å². The van der Waals surface area contributed by atoms with E-state index in [9.17, 15) is 4.79 Å². The number of benzene rings is 2. The maximum Gasteiger partial charge on any atom is 0.237 e. The van der Waals surface area contributed by atoms with Gasteiger partial charge in [-0.15, -0.1) is 5.10 Å². The fourth-order valence-electron chi connectivity index (χ4n) is 3.52. The number of carbonyl (C=O) groups excluding carboxylic acids is 1. The maximum atomic E-state index is 13.0. The molecular formula is C20H21N5O3S. The largest absolute Gasteiger partial charge is 0.497 e. The number of hydrogen-bond donors (Lipinski definition) is 0. The van der Waals surface area contributed by atoms with Gasteiger partial charge in [0.25, 0.3) is 0 Å². The average Bonchev–Trinajstić information content (AvgIpc) is 3.34. The van der Waals surface area contributed by atoms with Crippen molar-refractivity contribution in [3.8, 4) is 17.2 Å². The van der Waals surface area contributed by atoms with Gasteiger partial charge in [0, 0.05) is 17.8 Å². The van der Waals surface area contributed by atoms with E-state index in [1.54, 1.807) is 25.0 Å². The van der Waals surface area contributed by atoms with Crippen LogP contribution >= 0.6 is 11.8 Å². The van der Waals surface area contributed by atoms with Crippen LogP contribution in [0.2, 0.25) is 0 Å². The Morgan fingerprint density at radius 3 is 2.79 bits per heavy atom. The highest BCUT2D eigenvalue weighted by atomic mass is 32.2. The minimum absolute atomic E-state index is 0.0312. The Morgan fingerprint density at radius 2 is 2.00 bits per heavy atom. The lowest BCUT2D eigenvalue weighted by Gasteiger charge is -2.22. The summed E-state index contributed by atoms with van der Waals surface area (Å²) >= 11 is 1.30. The van der Waals surface area contributed by atoms with Gasteiger partial charge in [0.05, 0.1) is 20.0 Å².